The molecule has 2 N–H and O–H groups in total. The van der Waals surface area contributed by atoms with Crippen LogP contribution in [0, 0.1) is 11.7 Å². The molecule has 0 saturated heterocycles. The molecule has 1 aromatic rings. The summed E-state index contributed by atoms with van der Waals surface area (Å²) in [4.78, 5) is 0. The Balaban J connectivity index is 2.56. The molecule has 0 aliphatic heterocycles. The van der Waals surface area contributed by atoms with Crippen LogP contribution in [0.5, 0.6) is 0 Å². The first-order chi connectivity index (χ1) is 8.31. The summed E-state index contributed by atoms with van der Waals surface area (Å²) in [5.74, 6) is 0.346. The molecule has 2 unspecified atom stereocenters. The van der Waals surface area contributed by atoms with Crippen molar-refractivity contribution in [3.8, 4) is 0 Å². The third-order valence-electron chi connectivity index (χ3n) is 3.09. The van der Waals surface area contributed by atoms with Crippen molar-refractivity contribution in [1.29, 1.82) is 0 Å². The Hall–Kier alpha value is -0.930. The van der Waals surface area contributed by atoms with E-state index in [4.69, 9.17) is 0 Å². The van der Waals surface area contributed by atoms with Gasteiger partial charge in [0.2, 0.25) is 0 Å². The molecule has 0 aliphatic rings. The number of benzene rings is 1. The predicted molar refractivity (Wildman–Crippen MR) is 72.9 cm³/mol. The summed E-state index contributed by atoms with van der Waals surface area (Å²) in [6.45, 7) is 8.68. The van der Waals surface area contributed by atoms with Gasteiger partial charge in [-0.2, -0.15) is 0 Å². The second kappa shape index (κ2) is 6.30. The van der Waals surface area contributed by atoms with Crippen LogP contribution in [0.3, 0.4) is 0 Å². The SMILES string of the molecule is CC(C)CC(C)NCC(C)(O)c1ccc(F)cc1. The first kappa shape index (κ1) is 15.1. The Kier molecular flexibility index (Phi) is 5.29. The number of hydrogen-bond donors (Lipinski definition) is 2. The Bertz CT molecular complexity index is 359. The number of nitrogens with one attached hydrogen (secondary N) is 1. The number of rotatable bonds is 6. The van der Waals surface area contributed by atoms with Gasteiger partial charge in [0.25, 0.3) is 0 Å². The predicted octanol–water partition coefficient (Wildman–Crippen LogP) is 3.06. The van der Waals surface area contributed by atoms with Gasteiger partial charge in [0.1, 0.15) is 5.82 Å². The minimum Gasteiger partial charge on any atom is -0.384 e. The molecule has 0 amide bonds. The molecule has 0 aromatic heterocycles. The Morgan fingerprint density at radius 2 is 1.78 bits per heavy atom. The van der Waals surface area contributed by atoms with E-state index < -0.39 is 5.60 Å². The Morgan fingerprint density at radius 3 is 2.28 bits per heavy atom. The van der Waals surface area contributed by atoms with Gasteiger partial charge in [-0.15, -0.1) is 0 Å². The van der Waals surface area contributed by atoms with Crippen LogP contribution in [0.25, 0.3) is 0 Å². The first-order valence-corrected chi connectivity index (χ1v) is 6.53. The van der Waals surface area contributed by atoms with E-state index in [2.05, 4.69) is 26.1 Å². The van der Waals surface area contributed by atoms with Crippen LogP contribution in [-0.4, -0.2) is 17.7 Å². The van der Waals surface area contributed by atoms with Crippen LogP contribution in [0.15, 0.2) is 24.3 Å². The molecular weight excluding hydrogens is 229 g/mol. The molecule has 2 nitrogen and oxygen atoms in total. The summed E-state index contributed by atoms with van der Waals surface area (Å²) in [6.07, 6.45) is 1.07. The highest BCUT2D eigenvalue weighted by Crippen LogP contribution is 2.20. The van der Waals surface area contributed by atoms with Crippen LogP contribution in [0.2, 0.25) is 0 Å². The molecule has 0 radical (unpaired) electrons. The van der Waals surface area contributed by atoms with Gasteiger partial charge in [-0.25, -0.2) is 4.39 Å². The van der Waals surface area contributed by atoms with Crippen LogP contribution < -0.4 is 5.32 Å². The fourth-order valence-corrected chi connectivity index (χ4v) is 2.07. The number of aliphatic hydroxyl groups is 1. The van der Waals surface area contributed by atoms with E-state index in [0.717, 1.165) is 12.0 Å². The van der Waals surface area contributed by atoms with Gasteiger partial charge < -0.3 is 10.4 Å². The lowest BCUT2D eigenvalue weighted by atomic mass is 9.95. The average Bonchev–Trinajstić information content (AvgIpc) is 2.26. The van der Waals surface area contributed by atoms with Crippen molar-refractivity contribution >= 4 is 0 Å². The highest BCUT2D eigenvalue weighted by Gasteiger charge is 2.23. The van der Waals surface area contributed by atoms with Crippen LogP contribution >= 0.6 is 0 Å². The minimum absolute atomic E-state index is 0.282. The molecule has 0 aliphatic carbocycles. The average molecular weight is 253 g/mol. The molecule has 18 heavy (non-hydrogen) atoms. The topological polar surface area (TPSA) is 32.3 Å². The lowest BCUT2D eigenvalue weighted by Gasteiger charge is -2.27. The molecule has 0 heterocycles. The first-order valence-electron chi connectivity index (χ1n) is 6.53. The molecule has 1 rings (SSSR count). The molecule has 0 saturated carbocycles. The Morgan fingerprint density at radius 1 is 1.22 bits per heavy atom. The second-order valence-corrected chi connectivity index (χ2v) is 5.69. The van der Waals surface area contributed by atoms with Crippen molar-refractivity contribution in [3.63, 3.8) is 0 Å². The molecule has 0 spiro atoms. The lowest BCUT2D eigenvalue weighted by molar-refractivity contribution is 0.0536. The molecule has 0 fully saturated rings. The highest BCUT2D eigenvalue weighted by molar-refractivity contribution is 5.22. The van der Waals surface area contributed by atoms with Crippen LogP contribution in [0.1, 0.15) is 39.7 Å². The molecule has 1 aromatic carbocycles. The molecule has 102 valence electrons. The Labute approximate surface area is 109 Å². The van der Waals surface area contributed by atoms with Gasteiger partial charge in [-0.05, 0) is 43.9 Å². The maximum atomic E-state index is 12.8. The molecule has 2 atom stereocenters. The van der Waals surface area contributed by atoms with Crippen molar-refractivity contribution in [1.82, 2.24) is 5.32 Å². The molecular formula is C15H24FNO. The van der Waals surface area contributed by atoms with E-state index in [1.54, 1.807) is 19.1 Å². The van der Waals surface area contributed by atoms with Crippen LogP contribution in [-0.2, 0) is 5.60 Å². The van der Waals surface area contributed by atoms with Gasteiger partial charge in [0.05, 0.1) is 5.60 Å². The summed E-state index contributed by atoms with van der Waals surface area (Å²) in [5.41, 5.74) is -0.244. The fraction of sp³-hybridized carbons (Fsp3) is 0.600. The maximum absolute atomic E-state index is 12.8. The number of hydrogen-bond acceptors (Lipinski definition) is 2. The summed E-state index contributed by atoms with van der Waals surface area (Å²) in [6, 6.07) is 6.37. The van der Waals surface area contributed by atoms with Crippen molar-refractivity contribution in [2.45, 2.75) is 45.8 Å². The third kappa shape index (κ3) is 4.75. The standard InChI is InChI=1S/C15H24FNO/c1-11(2)9-12(3)17-10-15(4,18)13-5-7-14(16)8-6-13/h5-8,11-12,17-18H,9-10H2,1-4H3. The zero-order chi connectivity index (χ0) is 13.8. The van der Waals surface area contributed by atoms with E-state index in [-0.39, 0.29) is 5.82 Å². The molecule has 3 heteroatoms. The fourth-order valence-electron chi connectivity index (χ4n) is 2.07. The van der Waals surface area contributed by atoms with Crippen molar-refractivity contribution in [3.05, 3.63) is 35.6 Å². The summed E-state index contributed by atoms with van der Waals surface area (Å²) >= 11 is 0. The van der Waals surface area contributed by atoms with Crippen molar-refractivity contribution < 1.29 is 9.50 Å². The van der Waals surface area contributed by atoms with Gasteiger partial charge in [0, 0.05) is 12.6 Å². The zero-order valence-electron chi connectivity index (χ0n) is 11.7. The van der Waals surface area contributed by atoms with E-state index >= 15 is 0 Å². The minimum atomic E-state index is -0.973. The largest absolute Gasteiger partial charge is 0.384 e. The van der Waals surface area contributed by atoms with Crippen molar-refractivity contribution in [2.75, 3.05) is 6.54 Å². The van der Waals surface area contributed by atoms with E-state index in [1.165, 1.54) is 12.1 Å². The van der Waals surface area contributed by atoms with Gasteiger partial charge in [-0.1, -0.05) is 26.0 Å². The monoisotopic (exact) mass is 253 g/mol. The third-order valence-corrected chi connectivity index (χ3v) is 3.09. The van der Waals surface area contributed by atoms with E-state index in [0.29, 0.717) is 18.5 Å². The second-order valence-electron chi connectivity index (χ2n) is 5.69. The quantitative estimate of drug-likeness (QED) is 0.816. The normalized spacial score (nSPS) is 16.6. The summed E-state index contributed by atoms with van der Waals surface area (Å²) < 4.78 is 12.8. The number of halogens is 1. The van der Waals surface area contributed by atoms with Gasteiger partial charge in [-0.3, -0.25) is 0 Å². The van der Waals surface area contributed by atoms with E-state index in [1.807, 2.05) is 0 Å². The van der Waals surface area contributed by atoms with Gasteiger partial charge in [0.15, 0.2) is 0 Å². The molecule has 0 bridgehead atoms. The van der Waals surface area contributed by atoms with Gasteiger partial charge >= 0.3 is 0 Å². The zero-order valence-corrected chi connectivity index (χ0v) is 11.7. The smallest absolute Gasteiger partial charge is 0.123 e. The summed E-state index contributed by atoms with van der Waals surface area (Å²) in [7, 11) is 0. The van der Waals surface area contributed by atoms with Crippen LogP contribution in [0.4, 0.5) is 4.39 Å². The highest BCUT2D eigenvalue weighted by atomic mass is 19.1. The van der Waals surface area contributed by atoms with E-state index in [9.17, 15) is 9.50 Å². The summed E-state index contributed by atoms with van der Waals surface area (Å²) in [5, 5.41) is 13.7. The lowest BCUT2D eigenvalue weighted by Crippen LogP contribution is -2.40. The van der Waals surface area contributed by atoms with Crippen molar-refractivity contribution in [2.24, 2.45) is 5.92 Å². The maximum Gasteiger partial charge on any atom is 0.123 e.